The van der Waals surface area contributed by atoms with Crippen LogP contribution in [-0.4, -0.2) is 51.9 Å². The lowest BCUT2D eigenvalue weighted by Gasteiger charge is -2.33. The van der Waals surface area contributed by atoms with Crippen LogP contribution in [0, 0.1) is 19.8 Å². The van der Waals surface area contributed by atoms with Gasteiger partial charge in [-0.1, -0.05) is 23.7 Å². The highest BCUT2D eigenvalue weighted by atomic mass is 35.5. The number of ether oxygens (including phenoxy) is 1. The number of aryl methyl sites for hydroxylation is 2. The largest absolute Gasteiger partial charge is 0.495 e. The fourth-order valence-corrected chi connectivity index (χ4v) is 5.62. The van der Waals surface area contributed by atoms with E-state index in [0.717, 1.165) is 15.4 Å². The number of piperidine rings is 1. The first-order chi connectivity index (χ1) is 15.5. The second-order valence-corrected chi connectivity index (χ2v) is 10.4. The minimum atomic E-state index is -4.18. The van der Waals surface area contributed by atoms with Crippen LogP contribution in [0.2, 0.25) is 5.02 Å². The van der Waals surface area contributed by atoms with Gasteiger partial charge in [0.25, 0.3) is 10.0 Å². The molecule has 8 nitrogen and oxygen atoms in total. The minimum absolute atomic E-state index is 0.0399. The average Bonchev–Trinajstić information content (AvgIpc) is 2.79. The van der Waals surface area contributed by atoms with E-state index in [9.17, 15) is 18.0 Å². The molecule has 178 valence electrons. The molecule has 1 fully saturated rings. The summed E-state index contributed by atoms with van der Waals surface area (Å²) in [5, 5.41) is 0.388. The zero-order chi connectivity index (χ0) is 24.3. The molecule has 1 saturated heterocycles. The Morgan fingerprint density at radius 3 is 2.39 bits per heavy atom. The number of nitrogens with zero attached hydrogens (tertiary/aromatic N) is 2. The molecule has 2 aromatic carbocycles. The molecule has 2 aromatic rings. The predicted octanol–water partition coefficient (Wildman–Crippen LogP) is 2.88. The molecule has 0 aliphatic carbocycles. The Hall–Kier alpha value is -2.78. The normalized spacial score (nSPS) is 14.7. The van der Waals surface area contributed by atoms with Gasteiger partial charge in [-0.3, -0.25) is 13.9 Å². The SMILES string of the molecule is COc1ccc(C)cc1S(=O)(=O)N(CC(=O)N1CCC(C(N)=O)CC1)c1ccc(C)c(Cl)c1. The molecule has 10 heteroatoms. The first kappa shape index (κ1) is 24.9. The predicted molar refractivity (Wildman–Crippen MR) is 127 cm³/mol. The standard InChI is InChI=1S/C23H28ClN3O5S/c1-15-4-7-20(32-3)21(12-15)33(30,31)27(18-6-5-16(2)19(24)13-18)14-22(28)26-10-8-17(9-11-26)23(25)29/h4-7,12-13,17H,8-11,14H2,1-3H3,(H2,25,29). The van der Waals surface area contributed by atoms with Crippen LogP contribution >= 0.6 is 11.6 Å². The molecule has 0 radical (unpaired) electrons. The van der Waals surface area contributed by atoms with E-state index in [1.54, 1.807) is 36.1 Å². The summed E-state index contributed by atoms with van der Waals surface area (Å²) < 4.78 is 33.9. The maximum absolute atomic E-state index is 13.8. The number of likely N-dealkylation sites (tertiary alicyclic amines) is 1. The Labute approximate surface area is 199 Å². The van der Waals surface area contributed by atoms with Crippen LogP contribution in [0.3, 0.4) is 0 Å². The van der Waals surface area contributed by atoms with Gasteiger partial charge in [-0.2, -0.15) is 0 Å². The van der Waals surface area contributed by atoms with Crippen molar-refractivity contribution in [1.29, 1.82) is 0 Å². The molecule has 0 bridgehead atoms. The van der Waals surface area contributed by atoms with Crippen molar-refractivity contribution >= 4 is 39.1 Å². The number of hydrogen-bond acceptors (Lipinski definition) is 5. The number of sulfonamides is 1. The third kappa shape index (κ3) is 5.42. The van der Waals surface area contributed by atoms with Gasteiger partial charge in [-0.05, 0) is 62.1 Å². The summed E-state index contributed by atoms with van der Waals surface area (Å²) in [6.07, 6.45) is 0.909. The van der Waals surface area contributed by atoms with E-state index in [2.05, 4.69) is 0 Å². The first-order valence-electron chi connectivity index (χ1n) is 10.5. The summed E-state index contributed by atoms with van der Waals surface area (Å²) in [6, 6.07) is 9.70. The van der Waals surface area contributed by atoms with Crippen molar-refractivity contribution in [2.45, 2.75) is 31.6 Å². The van der Waals surface area contributed by atoms with E-state index < -0.39 is 16.6 Å². The number of halogens is 1. The lowest BCUT2D eigenvalue weighted by atomic mass is 9.96. The molecule has 1 aliphatic heterocycles. The summed E-state index contributed by atoms with van der Waals surface area (Å²) >= 11 is 6.28. The number of methoxy groups -OCH3 is 1. The first-order valence-corrected chi connectivity index (χ1v) is 12.4. The molecular formula is C23H28ClN3O5S. The molecule has 0 spiro atoms. The van der Waals surface area contributed by atoms with Crippen LogP contribution in [0.1, 0.15) is 24.0 Å². The Bertz CT molecular complexity index is 1160. The molecule has 0 unspecified atom stereocenters. The Morgan fingerprint density at radius 2 is 1.82 bits per heavy atom. The van der Waals surface area contributed by atoms with Crippen molar-refractivity contribution in [2.24, 2.45) is 11.7 Å². The summed E-state index contributed by atoms with van der Waals surface area (Å²) in [5.74, 6) is -0.850. The molecular weight excluding hydrogens is 466 g/mol. The number of rotatable bonds is 7. The third-order valence-corrected chi connectivity index (χ3v) is 8.06. The Kier molecular flexibility index (Phi) is 7.54. The Morgan fingerprint density at radius 1 is 1.15 bits per heavy atom. The van der Waals surface area contributed by atoms with Crippen molar-refractivity contribution in [3.63, 3.8) is 0 Å². The van der Waals surface area contributed by atoms with Crippen molar-refractivity contribution in [1.82, 2.24) is 4.90 Å². The second kappa shape index (κ2) is 10.0. The van der Waals surface area contributed by atoms with Crippen LogP contribution < -0.4 is 14.8 Å². The molecule has 2 amide bonds. The van der Waals surface area contributed by atoms with Gasteiger partial charge in [0.05, 0.1) is 12.8 Å². The monoisotopic (exact) mass is 493 g/mol. The number of carbonyl (C=O) groups is 2. The van der Waals surface area contributed by atoms with E-state index in [1.165, 1.54) is 19.2 Å². The Balaban J connectivity index is 1.99. The zero-order valence-electron chi connectivity index (χ0n) is 18.9. The fraction of sp³-hybridized carbons (Fsp3) is 0.391. The number of primary amides is 1. The van der Waals surface area contributed by atoms with E-state index >= 15 is 0 Å². The number of amides is 2. The van der Waals surface area contributed by atoms with Crippen LogP contribution in [0.5, 0.6) is 5.75 Å². The van der Waals surface area contributed by atoms with Crippen LogP contribution in [0.25, 0.3) is 0 Å². The van der Waals surface area contributed by atoms with Crippen LogP contribution in [0.4, 0.5) is 5.69 Å². The summed E-state index contributed by atoms with van der Waals surface area (Å²) in [5.41, 5.74) is 7.17. The van der Waals surface area contributed by atoms with Gasteiger partial charge in [0.15, 0.2) is 0 Å². The minimum Gasteiger partial charge on any atom is -0.495 e. The lowest BCUT2D eigenvalue weighted by Crippen LogP contribution is -2.47. The van der Waals surface area contributed by atoms with Crippen molar-refractivity contribution in [3.8, 4) is 5.75 Å². The van der Waals surface area contributed by atoms with Gasteiger partial charge in [0.1, 0.15) is 17.2 Å². The van der Waals surface area contributed by atoms with E-state index in [4.69, 9.17) is 22.1 Å². The third-order valence-electron chi connectivity index (χ3n) is 5.86. The molecule has 3 rings (SSSR count). The number of hydrogen-bond donors (Lipinski definition) is 1. The molecule has 33 heavy (non-hydrogen) atoms. The van der Waals surface area contributed by atoms with Crippen LogP contribution in [0.15, 0.2) is 41.3 Å². The van der Waals surface area contributed by atoms with Crippen molar-refractivity contribution < 1.29 is 22.7 Å². The molecule has 0 aromatic heterocycles. The van der Waals surface area contributed by atoms with Crippen LogP contribution in [-0.2, 0) is 19.6 Å². The summed E-state index contributed by atoms with van der Waals surface area (Å²) in [4.78, 5) is 26.1. The highest BCUT2D eigenvalue weighted by molar-refractivity contribution is 7.93. The highest BCUT2D eigenvalue weighted by Gasteiger charge is 2.33. The molecule has 1 aliphatic rings. The molecule has 1 heterocycles. The number of benzene rings is 2. The van der Waals surface area contributed by atoms with Gasteiger partial charge in [0.2, 0.25) is 11.8 Å². The second-order valence-electron chi connectivity index (χ2n) is 8.16. The van der Waals surface area contributed by atoms with E-state index in [0.29, 0.717) is 31.0 Å². The van der Waals surface area contributed by atoms with Crippen molar-refractivity contribution in [3.05, 3.63) is 52.5 Å². The van der Waals surface area contributed by atoms with Gasteiger partial charge in [-0.25, -0.2) is 8.42 Å². The summed E-state index contributed by atoms with van der Waals surface area (Å²) in [6.45, 7) is 3.84. The van der Waals surface area contributed by atoms with Gasteiger partial charge >= 0.3 is 0 Å². The number of carbonyl (C=O) groups excluding carboxylic acids is 2. The van der Waals surface area contributed by atoms with Crippen molar-refractivity contribution in [2.75, 3.05) is 31.0 Å². The van der Waals surface area contributed by atoms with Gasteiger partial charge in [-0.15, -0.1) is 0 Å². The van der Waals surface area contributed by atoms with Gasteiger partial charge < -0.3 is 15.4 Å². The van der Waals surface area contributed by atoms with E-state index in [1.807, 2.05) is 6.92 Å². The lowest BCUT2D eigenvalue weighted by molar-refractivity contribution is -0.133. The number of anilines is 1. The smallest absolute Gasteiger partial charge is 0.268 e. The fourth-order valence-electron chi connectivity index (χ4n) is 3.79. The average molecular weight is 494 g/mol. The maximum atomic E-state index is 13.8. The molecule has 0 saturated carbocycles. The molecule has 0 atom stereocenters. The zero-order valence-corrected chi connectivity index (χ0v) is 20.4. The molecule has 2 N–H and O–H groups in total. The quantitative estimate of drug-likeness (QED) is 0.637. The summed E-state index contributed by atoms with van der Waals surface area (Å²) in [7, 11) is -2.79. The van der Waals surface area contributed by atoms with Gasteiger partial charge in [0, 0.05) is 24.0 Å². The topological polar surface area (TPSA) is 110 Å². The maximum Gasteiger partial charge on any atom is 0.268 e. The highest BCUT2D eigenvalue weighted by Crippen LogP contribution is 2.33. The van der Waals surface area contributed by atoms with E-state index in [-0.39, 0.29) is 34.1 Å². The number of nitrogens with two attached hydrogens (primary N) is 1.